The summed E-state index contributed by atoms with van der Waals surface area (Å²) in [4.78, 5) is 11.2. The summed E-state index contributed by atoms with van der Waals surface area (Å²) >= 11 is 0. The molecule has 0 spiro atoms. The van der Waals surface area contributed by atoms with E-state index in [-0.39, 0.29) is 11.9 Å². The normalized spacial score (nSPS) is 28.0. The Labute approximate surface area is 135 Å². The van der Waals surface area contributed by atoms with Gasteiger partial charge in [-0.25, -0.2) is 0 Å². The molecule has 0 aromatic carbocycles. The van der Waals surface area contributed by atoms with Gasteiger partial charge >= 0.3 is 0 Å². The van der Waals surface area contributed by atoms with E-state index >= 15 is 0 Å². The van der Waals surface area contributed by atoms with E-state index in [1.165, 1.54) is 5.57 Å². The first-order valence-electron chi connectivity index (χ1n) is 8.07. The van der Waals surface area contributed by atoms with Gasteiger partial charge in [0.25, 0.3) is 0 Å². The molecule has 0 aromatic rings. The molecule has 0 heterocycles. The van der Waals surface area contributed by atoms with Crippen LogP contribution in [0.2, 0.25) is 0 Å². The molecule has 2 aliphatic carbocycles. The van der Waals surface area contributed by atoms with Gasteiger partial charge in [-0.3, -0.25) is 4.79 Å². The minimum Gasteiger partial charge on any atom is -0.389 e. The van der Waals surface area contributed by atoms with E-state index in [9.17, 15) is 9.90 Å². The van der Waals surface area contributed by atoms with E-state index in [0.29, 0.717) is 18.3 Å². The number of carbonyl (C=O) groups is 1. The van der Waals surface area contributed by atoms with Crippen LogP contribution in [0.1, 0.15) is 53.4 Å². The summed E-state index contributed by atoms with van der Waals surface area (Å²) in [6, 6.07) is 0. The Bertz CT molecular complexity index is 508. The Morgan fingerprint density at radius 3 is 2.09 bits per heavy atom. The van der Waals surface area contributed by atoms with Crippen molar-refractivity contribution in [2.75, 3.05) is 0 Å². The lowest BCUT2D eigenvalue weighted by Crippen LogP contribution is -2.19. The number of hydrogen-bond donors (Lipinski definition) is 1. The number of allylic oxidation sites excluding steroid dienone is 5. The van der Waals surface area contributed by atoms with Crippen LogP contribution < -0.4 is 0 Å². The summed E-state index contributed by atoms with van der Waals surface area (Å²) < 4.78 is 0. The van der Waals surface area contributed by atoms with Gasteiger partial charge in [-0.1, -0.05) is 36.5 Å². The molecule has 0 saturated carbocycles. The number of hydrogen-bond acceptors (Lipinski definition) is 2. The molecule has 0 saturated heterocycles. The van der Waals surface area contributed by atoms with Crippen LogP contribution in [0.15, 0.2) is 47.6 Å². The van der Waals surface area contributed by atoms with E-state index in [1.807, 2.05) is 33.8 Å². The SMILES string of the molecule is C=C(C)[C@H]1CC=C(C)C(=O)C1.C=C(C)[C@H]1CC=C(C)[C@@H](O)C1. The van der Waals surface area contributed by atoms with Crippen LogP contribution in [0, 0.1) is 11.8 Å². The fourth-order valence-corrected chi connectivity index (χ4v) is 2.69. The quantitative estimate of drug-likeness (QED) is 0.746. The molecule has 3 atom stereocenters. The summed E-state index contributed by atoms with van der Waals surface area (Å²) in [5.74, 6) is 1.17. The molecule has 0 amide bonds. The second-order valence-corrected chi connectivity index (χ2v) is 6.77. The van der Waals surface area contributed by atoms with Crippen LogP contribution in [0.3, 0.4) is 0 Å². The predicted octanol–water partition coefficient (Wildman–Crippen LogP) is 4.77. The van der Waals surface area contributed by atoms with Gasteiger partial charge in [0.1, 0.15) is 0 Å². The molecule has 1 N–H and O–H groups in total. The second kappa shape index (κ2) is 8.28. The number of carbonyl (C=O) groups excluding carboxylic acids is 1. The molecule has 22 heavy (non-hydrogen) atoms. The van der Waals surface area contributed by atoms with Crippen LogP contribution in [0.25, 0.3) is 0 Å². The lowest BCUT2D eigenvalue weighted by atomic mass is 9.84. The van der Waals surface area contributed by atoms with Crippen LogP contribution in [0.4, 0.5) is 0 Å². The Balaban J connectivity index is 0.000000220. The molecule has 0 aromatic heterocycles. The average molecular weight is 302 g/mol. The molecule has 122 valence electrons. The molecule has 2 rings (SSSR count). The highest BCUT2D eigenvalue weighted by Crippen LogP contribution is 2.28. The second-order valence-electron chi connectivity index (χ2n) is 6.77. The minimum absolute atomic E-state index is 0.231. The maximum Gasteiger partial charge on any atom is 0.158 e. The topological polar surface area (TPSA) is 37.3 Å². The third kappa shape index (κ3) is 5.42. The van der Waals surface area contributed by atoms with Crippen LogP contribution in [0.5, 0.6) is 0 Å². The number of Topliss-reactive ketones (excluding diaryl/α,β-unsaturated/α-hetero) is 1. The summed E-state index contributed by atoms with van der Waals surface area (Å²) in [5, 5.41) is 9.49. The zero-order valence-corrected chi connectivity index (χ0v) is 14.5. The van der Waals surface area contributed by atoms with E-state index in [1.54, 1.807) is 0 Å². The Morgan fingerprint density at radius 2 is 1.64 bits per heavy atom. The van der Waals surface area contributed by atoms with Crippen molar-refractivity contribution in [2.45, 2.75) is 59.5 Å². The van der Waals surface area contributed by atoms with E-state index in [4.69, 9.17) is 0 Å². The van der Waals surface area contributed by atoms with Crippen LogP contribution in [-0.4, -0.2) is 17.0 Å². The molecule has 0 aliphatic heterocycles. The third-order valence-corrected chi connectivity index (χ3v) is 4.73. The van der Waals surface area contributed by atoms with Gasteiger partial charge in [-0.2, -0.15) is 0 Å². The van der Waals surface area contributed by atoms with Gasteiger partial charge in [0, 0.05) is 6.42 Å². The van der Waals surface area contributed by atoms with Gasteiger partial charge in [0.05, 0.1) is 6.10 Å². The van der Waals surface area contributed by atoms with Crippen molar-refractivity contribution < 1.29 is 9.90 Å². The third-order valence-electron chi connectivity index (χ3n) is 4.73. The Morgan fingerprint density at radius 1 is 1.09 bits per heavy atom. The molecule has 2 aliphatic rings. The molecule has 2 heteroatoms. The summed E-state index contributed by atoms with van der Waals surface area (Å²) in [5.41, 5.74) is 4.35. The van der Waals surface area contributed by atoms with Gasteiger partial charge < -0.3 is 5.11 Å². The van der Waals surface area contributed by atoms with Crippen molar-refractivity contribution in [2.24, 2.45) is 11.8 Å². The van der Waals surface area contributed by atoms with Crippen molar-refractivity contribution >= 4 is 5.78 Å². The molecule has 0 bridgehead atoms. The van der Waals surface area contributed by atoms with Crippen molar-refractivity contribution in [3.05, 3.63) is 47.6 Å². The number of aliphatic hydroxyl groups is 1. The Hall–Kier alpha value is -1.41. The Kier molecular flexibility index (Phi) is 7.02. The fraction of sp³-hybridized carbons (Fsp3) is 0.550. The first kappa shape index (κ1) is 18.6. The number of ketones is 1. The van der Waals surface area contributed by atoms with Crippen molar-refractivity contribution in [3.8, 4) is 0 Å². The molecule has 0 radical (unpaired) electrons. The molecule has 2 nitrogen and oxygen atoms in total. The molecular formula is C20H30O2. The summed E-state index contributed by atoms with van der Waals surface area (Å²) in [7, 11) is 0. The minimum atomic E-state index is -0.231. The summed E-state index contributed by atoms with van der Waals surface area (Å²) in [6.45, 7) is 15.7. The van der Waals surface area contributed by atoms with E-state index < -0.39 is 0 Å². The fourth-order valence-electron chi connectivity index (χ4n) is 2.69. The average Bonchev–Trinajstić information content (AvgIpc) is 2.45. The largest absolute Gasteiger partial charge is 0.389 e. The summed E-state index contributed by atoms with van der Waals surface area (Å²) in [6.07, 6.45) is 7.48. The standard InChI is InChI=1S/C10H16O.C10H14O/c2*1-7(2)9-5-4-8(3)10(11)6-9/h4,9-11H,1,5-6H2,2-3H3;4,9H,1,5-6H2,2-3H3/t9-,10-;9-/m00/s1. The molecule has 0 fully saturated rings. The molecular weight excluding hydrogens is 272 g/mol. The van der Waals surface area contributed by atoms with Gasteiger partial charge in [-0.05, 0) is 69.9 Å². The van der Waals surface area contributed by atoms with Gasteiger partial charge in [0.15, 0.2) is 5.78 Å². The van der Waals surface area contributed by atoms with Crippen molar-refractivity contribution in [1.82, 2.24) is 0 Å². The monoisotopic (exact) mass is 302 g/mol. The first-order chi connectivity index (χ1) is 10.2. The van der Waals surface area contributed by atoms with Crippen molar-refractivity contribution in [1.29, 1.82) is 0 Å². The zero-order valence-electron chi connectivity index (χ0n) is 14.5. The lowest BCUT2D eigenvalue weighted by Gasteiger charge is -2.24. The van der Waals surface area contributed by atoms with E-state index in [0.717, 1.165) is 36.0 Å². The molecule has 0 unspecified atom stereocenters. The highest BCUT2D eigenvalue weighted by Gasteiger charge is 2.20. The lowest BCUT2D eigenvalue weighted by molar-refractivity contribution is -0.116. The first-order valence-corrected chi connectivity index (χ1v) is 8.07. The van der Waals surface area contributed by atoms with Gasteiger partial charge in [-0.15, -0.1) is 0 Å². The highest BCUT2D eigenvalue weighted by molar-refractivity contribution is 5.95. The number of rotatable bonds is 2. The predicted molar refractivity (Wildman–Crippen MR) is 93.6 cm³/mol. The zero-order chi connectivity index (χ0) is 16.9. The smallest absolute Gasteiger partial charge is 0.158 e. The van der Waals surface area contributed by atoms with Crippen molar-refractivity contribution in [3.63, 3.8) is 0 Å². The number of aliphatic hydroxyl groups excluding tert-OH is 1. The van der Waals surface area contributed by atoms with Gasteiger partial charge in [0.2, 0.25) is 0 Å². The van der Waals surface area contributed by atoms with Crippen LogP contribution >= 0.6 is 0 Å². The van der Waals surface area contributed by atoms with E-state index in [2.05, 4.69) is 19.2 Å². The van der Waals surface area contributed by atoms with Crippen LogP contribution in [-0.2, 0) is 4.79 Å². The maximum absolute atomic E-state index is 11.2. The highest BCUT2D eigenvalue weighted by atomic mass is 16.3. The maximum atomic E-state index is 11.2.